The molecule has 0 aromatic heterocycles. The highest BCUT2D eigenvalue weighted by Gasteiger charge is 2.32. The lowest BCUT2D eigenvalue weighted by molar-refractivity contribution is 0.588. The van der Waals surface area contributed by atoms with Crippen molar-refractivity contribution in [2.75, 3.05) is 0 Å². The Balaban J connectivity index is 3.08. The summed E-state index contributed by atoms with van der Waals surface area (Å²) in [5, 5.41) is 0. The van der Waals surface area contributed by atoms with Gasteiger partial charge in [-0.25, -0.2) is 0 Å². The minimum atomic E-state index is -2.18. The van der Waals surface area contributed by atoms with E-state index in [1.165, 1.54) is 0 Å². The first-order valence-corrected chi connectivity index (χ1v) is 5.89. The van der Waals surface area contributed by atoms with Gasteiger partial charge in [0.25, 0.3) is 0 Å². The summed E-state index contributed by atoms with van der Waals surface area (Å²) in [7, 11) is -2.18. The summed E-state index contributed by atoms with van der Waals surface area (Å²) >= 11 is 0. The topological polar surface area (TPSA) is 20.2 Å². The molecule has 0 heterocycles. The van der Waals surface area contributed by atoms with Crippen LogP contribution in [0.5, 0.6) is 0 Å². The molecule has 0 amide bonds. The van der Waals surface area contributed by atoms with Crippen molar-refractivity contribution in [3.63, 3.8) is 0 Å². The minimum Gasteiger partial charge on any atom is -0.346 e. The number of rotatable bonds is 1. The fourth-order valence-electron chi connectivity index (χ4n) is 0.982. The van der Waals surface area contributed by atoms with Crippen LogP contribution in [-0.4, -0.2) is 9.30 Å². The summed E-state index contributed by atoms with van der Waals surface area (Å²) in [6, 6.07) is 9.46. The zero-order chi connectivity index (χ0) is 10.1. The lowest BCUT2D eigenvalue weighted by Crippen LogP contribution is -2.22. The third-order valence-electron chi connectivity index (χ3n) is 2.04. The second-order valence-electron chi connectivity index (χ2n) is 4.05. The van der Waals surface area contributed by atoms with Crippen LogP contribution in [0.25, 0.3) is 0 Å². The van der Waals surface area contributed by atoms with Crippen molar-refractivity contribution in [3.05, 3.63) is 36.6 Å². The maximum absolute atomic E-state index is 10.2. The van der Waals surface area contributed by atoms with Gasteiger partial charge in [-0.3, -0.25) is 0 Å². The molecule has 1 rings (SSSR count). The number of benzene rings is 1. The van der Waals surface area contributed by atoms with E-state index in [4.69, 9.17) is 6.26 Å². The molecule has 1 N–H and O–H groups in total. The van der Waals surface area contributed by atoms with Crippen LogP contribution in [0.15, 0.2) is 35.2 Å². The third kappa shape index (κ3) is 2.06. The predicted octanol–water partition coefficient (Wildman–Crippen LogP) is 3.79. The zero-order valence-corrected chi connectivity index (χ0v) is 9.14. The van der Waals surface area contributed by atoms with E-state index in [1.54, 1.807) is 0 Å². The second-order valence-corrected chi connectivity index (χ2v) is 7.00. The summed E-state index contributed by atoms with van der Waals surface area (Å²) < 4.78 is 9.90. The Morgan fingerprint density at radius 2 is 1.62 bits per heavy atom. The number of hydrogen-bond donors (Lipinski definition) is 1. The monoisotopic (exact) mass is 196 g/mol. The maximum atomic E-state index is 10.2. The summed E-state index contributed by atoms with van der Waals surface area (Å²) in [6.45, 7) is 5.86. The summed E-state index contributed by atoms with van der Waals surface area (Å²) in [4.78, 5) is 0.836. The van der Waals surface area contributed by atoms with Gasteiger partial charge in [-0.2, -0.15) is 0 Å². The van der Waals surface area contributed by atoms with E-state index in [1.807, 2.05) is 51.1 Å². The molecule has 0 fully saturated rings. The standard InChI is InChI=1S/C11H16OS/c1-11(2,3)13(4,12)10-8-6-5-7-9-10/h4-9,12H,1-3H3. The fourth-order valence-corrected chi connectivity index (χ4v) is 2.26. The maximum Gasteiger partial charge on any atom is 0.0426 e. The molecule has 0 saturated carbocycles. The highest BCUT2D eigenvalue weighted by Crippen LogP contribution is 2.60. The van der Waals surface area contributed by atoms with Gasteiger partial charge in [-0.15, -0.1) is 10.3 Å². The normalized spacial score (nSPS) is 19.2. The van der Waals surface area contributed by atoms with E-state index in [0.717, 1.165) is 4.90 Å². The smallest absolute Gasteiger partial charge is 0.0426 e. The molecule has 0 spiro atoms. The van der Waals surface area contributed by atoms with Crippen LogP contribution in [0, 0.1) is 6.26 Å². The lowest BCUT2D eigenvalue weighted by Gasteiger charge is -2.42. The van der Waals surface area contributed by atoms with E-state index in [0.29, 0.717) is 0 Å². The first kappa shape index (κ1) is 10.6. The van der Waals surface area contributed by atoms with Crippen molar-refractivity contribution in [2.45, 2.75) is 30.4 Å². The first-order chi connectivity index (χ1) is 5.86. The first-order valence-electron chi connectivity index (χ1n) is 4.24. The van der Waals surface area contributed by atoms with Gasteiger partial charge in [0.05, 0.1) is 0 Å². The Morgan fingerprint density at radius 1 is 1.15 bits per heavy atom. The Labute approximate surface area is 82.3 Å². The Bertz CT molecular complexity index is 272. The third-order valence-corrected chi connectivity index (χ3v) is 4.89. The molecule has 1 aromatic rings. The molecule has 2 radical (unpaired) electrons. The van der Waals surface area contributed by atoms with Crippen molar-refractivity contribution in [2.24, 2.45) is 0 Å². The van der Waals surface area contributed by atoms with Gasteiger partial charge in [0, 0.05) is 15.9 Å². The Hall–Kier alpha value is -0.470. The van der Waals surface area contributed by atoms with E-state index in [9.17, 15) is 4.55 Å². The average Bonchev–Trinajstić information content (AvgIpc) is 2.04. The van der Waals surface area contributed by atoms with Gasteiger partial charge in [0.15, 0.2) is 0 Å². The molecule has 0 aliphatic carbocycles. The van der Waals surface area contributed by atoms with Crippen molar-refractivity contribution < 1.29 is 4.55 Å². The molecule has 0 saturated heterocycles. The second kappa shape index (κ2) is 3.35. The van der Waals surface area contributed by atoms with E-state index in [-0.39, 0.29) is 4.75 Å². The number of hydrogen-bond acceptors (Lipinski definition) is 1. The largest absolute Gasteiger partial charge is 0.346 e. The van der Waals surface area contributed by atoms with Crippen molar-refractivity contribution in [1.29, 1.82) is 0 Å². The van der Waals surface area contributed by atoms with Crippen LogP contribution in [0.2, 0.25) is 0 Å². The molecule has 0 aliphatic rings. The van der Waals surface area contributed by atoms with E-state index < -0.39 is 10.3 Å². The molecule has 0 bridgehead atoms. The van der Waals surface area contributed by atoms with Crippen LogP contribution in [0.1, 0.15) is 20.8 Å². The van der Waals surface area contributed by atoms with E-state index >= 15 is 0 Å². The molecule has 1 nitrogen and oxygen atoms in total. The highest BCUT2D eigenvalue weighted by molar-refractivity contribution is 8.31. The quantitative estimate of drug-likeness (QED) is 0.724. The molecule has 72 valence electrons. The predicted molar refractivity (Wildman–Crippen MR) is 59.0 cm³/mol. The van der Waals surface area contributed by atoms with Gasteiger partial charge in [-0.1, -0.05) is 39.0 Å². The van der Waals surface area contributed by atoms with Crippen LogP contribution in [-0.2, 0) is 0 Å². The van der Waals surface area contributed by atoms with Crippen LogP contribution in [0.3, 0.4) is 0 Å². The summed E-state index contributed by atoms with van der Waals surface area (Å²) in [5.41, 5.74) is 0. The molecular formula is C11H16OS. The minimum absolute atomic E-state index is 0.283. The van der Waals surface area contributed by atoms with Crippen molar-refractivity contribution >= 4 is 10.3 Å². The molecule has 13 heavy (non-hydrogen) atoms. The van der Waals surface area contributed by atoms with Crippen LogP contribution < -0.4 is 0 Å². The Kier molecular flexibility index (Phi) is 2.74. The summed E-state index contributed by atoms with van der Waals surface area (Å²) in [5.74, 6) is 0. The van der Waals surface area contributed by atoms with Crippen LogP contribution in [0.4, 0.5) is 0 Å². The van der Waals surface area contributed by atoms with Gasteiger partial charge < -0.3 is 4.55 Å². The van der Waals surface area contributed by atoms with Gasteiger partial charge in [0.1, 0.15) is 0 Å². The molecule has 1 atom stereocenters. The zero-order valence-electron chi connectivity index (χ0n) is 8.32. The Morgan fingerprint density at radius 3 is 2.00 bits per heavy atom. The molecule has 2 heteroatoms. The van der Waals surface area contributed by atoms with Crippen molar-refractivity contribution in [1.82, 2.24) is 0 Å². The van der Waals surface area contributed by atoms with Gasteiger partial charge >= 0.3 is 0 Å². The molecular weight excluding hydrogens is 180 g/mol. The van der Waals surface area contributed by atoms with Gasteiger partial charge in [0.2, 0.25) is 0 Å². The van der Waals surface area contributed by atoms with Crippen molar-refractivity contribution in [3.8, 4) is 0 Å². The fraction of sp³-hybridized carbons (Fsp3) is 0.364. The lowest BCUT2D eigenvalue weighted by atomic mass is 10.3. The van der Waals surface area contributed by atoms with Crippen LogP contribution >= 0.6 is 10.3 Å². The molecule has 1 unspecified atom stereocenters. The highest BCUT2D eigenvalue weighted by atomic mass is 32.3. The van der Waals surface area contributed by atoms with E-state index in [2.05, 4.69) is 0 Å². The molecule has 1 aromatic carbocycles. The SMILES string of the molecule is [CH]S(O)(c1ccccc1)C(C)(C)C. The van der Waals surface area contributed by atoms with Gasteiger partial charge in [-0.05, 0) is 12.1 Å². The average molecular weight is 196 g/mol. The summed E-state index contributed by atoms with van der Waals surface area (Å²) in [6.07, 6.45) is 5.95. The molecule has 0 aliphatic heterocycles.